The van der Waals surface area contributed by atoms with Crippen LogP contribution < -0.4 is 5.32 Å². The van der Waals surface area contributed by atoms with Crippen LogP contribution in [0.25, 0.3) is 11.1 Å². The smallest absolute Gasteiger partial charge is 0.264 e. The molecule has 0 bridgehead atoms. The minimum atomic E-state index is 0.161. The van der Waals surface area contributed by atoms with Crippen molar-refractivity contribution in [2.24, 2.45) is 0 Å². The summed E-state index contributed by atoms with van der Waals surface area (Å²) in [5, 5.41) is 5.38. The number of aryl methyl sites for hydroxylation is 1. The fraction of sp³-hybridized carbons (Fsp3) is 0.353. The fourth-order valence-electron chi connectivity index (χ4n) is 2.70. The Hall–Kier alpha value is -1.65. The van der Waals surface area contributed by atoms with Gasteiger partial charge in [0.15, 0.2) is 0 Å². The molecule has 1 atom stereocenters. The maximum atomic E-state index is 12.8. The van der Waals surface area contributed by atoms with E-state index in [0.29, 0.717) is 6.04 Å². The molecule has 1 fully saturated rings. The van der Waals surface area contributed by atoms with Gasteiger partial charge < -0.3 is 10.2 Å². The van der Waals surface area contributed by atoms with Gasteiger partial charge in [-0.3, -0.25) is 4.79 Å². The third-order valence-electron chi connectivity index (χ3n) is 3.88. The summed E-state index contributed by atoms with van der Waals surface area (Å²) >= 11 is 1.54. The van der Waals surface area contributed by atoms with E-state index >= 15 is 0 Å². The van der Waals surface area contributed by atoms with E-state index in [9.17, 15) is 4.79 Å². The van der Waals surface area contributed by atoms with Crippen molar-refractivity contribution in [3.63, 3.8) is 0 Å². The van der Waals surface area contributed by atoms with Gasteiger partial charge in [0, 0.05) is 31.2 Å². The van der Waals surface area contributed by atoms with Gasteiger partial charge in [0.1, 0.15) is 0 Å². The Morgan fingerprint density at radius 1 is 1.29 bits per heavy atom. The first-order chi connectivity index (χ1) is 10.1. The van der Waals surface area contributed by atoms with Crippen molar-refractivity contribution in [2.75, 3.05) is 19.6 Å². The average Bonchev–Trinajstić information content (AvgIpc) is 2.96. The Morgan fingerprint density at radius 3 is 2.76 bits per heavy atom. The molecule has 1 aromatic carbocycles. The number of piperazine rings is 1. The van der Waals surface area contributed by atoms with Gasteiger partial charge in [-0.05, 0) is 30.9 Å². The van der Waals surface area contributed by atoms with E-state index in [0.717, 1.165) is 35.6 Å². The first kappa shape index (κ1) is 14.3. The van der Waals surface area contributed by atoms with Crippen molar-refractivity contribution in [3.8, 4) is 11.1 Å². The molecule has 0 saturated carbocycles. The van der Waals surface area contributed by atoms with E-state index in [-0.39, 0.29) is 5.91 Å². The van der Waals surface area contributed by atoms with Crippen LogP contribution in [0.1, 0.15) is 22.2 Å². The van der Waals surface area contributed by atoms with Gasteiger partial charge in [-0.15, -0.1) is 11.3 Å². The molecule has 1 unspecified atom stereocenters. The van der Waals surface area contributed by atoms with Crippen molar-refractivity contribution in [1.29, 1.82) is 0 Å². The number of rotatable bonds is 2. The minimum Gasteiger partial charge on any atom is -0.335 e. The molecule has 4 heteroatoms. The van der Waals surface area contributed by atoms with Crippen LogP contribution in [0.4, 0.5) is 0 Å². The highest BCUT2D eigenvalue weighted by molar-refractivity contribution is 7.12. The summed E-state index contributed by atoms with van der Waals surface area (Å²) in [7, 11) is 0. The lowest BCUT2D eigenvalue weighted by atomic mass is 10.0. The second-order valence-electron chi connectivity index (χ2n) is 5.64. The van der Waals surface area contributed by atoms with Gasteiger partial charge in [-0.25, -0.2) is 0 Å². The highest BCUT2D eigenvalue weighted by Crippen LogP contribution is 2.29. The van der Waals surface area contributed by atoms with E-state index in [4.69, 9.17) is 0 Å². The summed E-state index contributed by atoms with van der Waals surface area (Å²) in [5.41, 5.74) is 3.40. The average molecular weight is 300 g/mol. The lowest BCUT2D eigenvalue weighted by Gasteiger charge is -2.31. The van der Waals surface area contributed by atoms with E-state index in [2.05, 4.69) is 43.4 Å². The standard InChI is InChI=1S/C17H20N2OS/c1-12-3-5-14(6-4-12)15-7-10-21-16(15)17(20)19-9-8-18-13(2)11-19/h3-7,10,13,18H,8-9,11H2,1-2H3. The van der Waals surface area contributed by atoms with Crippen molar-refractivity contribution < 1.29 is 4.79 Å². The zero-order valence-electron chi connectivity index (χ0n) is 12.4. The molecule has 3 nitrogen and oxygen atoms in total. The van der Waals surface area contributed by atoms with Crippen LogP contribution in [0.3, 0.4) is 0 Å². The first-order valence-corrected chi connectivity index (χ1v) is 8.20. The molecular formula is C17H20N2OS. The Morgan fingerprint density at radius 2 is 2.05 bits per heavy atom. The largest absolute Gasteiger partial charge is 0.335 e. The Kier molecular flexibility index (Phi) is 4.08. The monoisotopic (exact) mass is 300 g/mol. The predicted octanol–water partition coefficient (Wildman–Crippen LogP) is 3.16. The van der Waals surface area contributed by atoms with Gasteiger partial charge in [0.2, 0.25) is 0 Å². The second-order valence-corrected chi connectivity index (χ2v) is 6.55. The summed E-state index contributed by atoms with van der Waals surface area (Å²) in [5.74, 6) is 0.161. The Bertz CT molecular complexity index is 632. The molecular weight excluding hydrogens is 280 g/mol. The molecule has 21 heavy (non-hydrogen) atoms. The molecule has 1 saturated heterocycles. The van der Waals surface area contributed by atoms with Gasteiger partial charge in [0.25, 0.3) is 5.91 Å². The molecule has 1 aromatic heterocycles. The topological polar surface area (TPSA) is 32.3 Å². The molecule has 3 rings (SSSR count). The van der Waals surface area contributed by atoms with Gasteiger partial charge >= 0.3 is 0 Å². The van der Waals surface area contributed by atoms with Crippen LogP contribution in [-0.2, 0) is 0 Å². The van der Waals surface area contributed by atoms with Crippen molar-refractivity contribution >= 4 is 17.2 Å². The zero-order valence-corrected chi connectivity index (χ0v) is 13.2. The molecule has 1 N–H and O–H groups in total. The Balaban J connectivity index is 1.88. The number of nitrogens with zero attached hydrogens (tertiary/aromatic N) is 1. The number of benzene rings is 1. The van der Waals surface area contributed by atoms with Crippen molar-refractivity contribution in [3.05, 3.63) is 46.2 Å². The molecule has 2 aromatic rings. The highest BCUT2D eigenvalue weighted by atomic mass is 32.1. The summed E-state index contributed by atoms with van der Waals surface area (Å²) in [6.07, 6.45) is 0. The van der Waals surface area contributed by atoms with Gasteiger partial charge in [-0.2, -0.15) is 0 Å². The quantitative estimate of drug-likeness (QED) is 0.924. The molecule has 110 valence electrons. The van der Waals surface area contributed by atoms with Crippen LogP contribution in [0, 0.1) is 6.92 Å². The van der Waals surface area contributed by atoms with Crippen LogP contribution >= 0.6 is 11.3 Å². The third kappa shape index (κ3) is 3.01. The molecule has 0 radical (unpaired) electrons. The summed E-state index contributed by atoms with van der Waals surface area (Å²) in [6.45, 7) is 6.64. The fourth-order valence-corrected chi connectivity index (χ4v) is 3.58. The number of carbonyl (C=O) groups is 1. The summed E-state index contributed by atoms with van der Waals surface area (Å²) in [6, 6.07) is 10.8. The van der Waals surface area contributed by atoms with Gasteiger partial charge in [0.05, 0.1) is 4.88 Å². The van der Waals surface area contributed by atoms with Crippen LogP contribution in [0.2, 0.25) is 0 Å². The number of hydrogen-bond acceptors (Lipinski definition) is 3. The SMILES string of the molecule is Cc1ccc(-c2ccsc2C(=O)N2CCNC(C)C2)cc1. The lowest BCUT2D eigenvalue weighted by Crippen LogP contribution is -2.51. The van der Waals surface area contributed by atoms with Crippen LogP contribution in [0.5, 0.6) is 0 Å². The highest BCUT2D eigenvalue weighted by Gasteiger charge is 2.24. The minimum absolute atomic E-state index is 0.161. The van der Waals surface area contributed by atoms with E-state index in [1.54, 1.807) is 0 Å². The normalized spacial score (nSPS) is 18.8. The number of hydrogen-bond donors (Lipinski definition) is 1. The molecule has 0 spiro atoms. The van der Waals surface area contributed by atoms with Crippen LogP contribution in [0.15, 0.2) is 35.7 Å². The zero-order chi connectivity index (χ0) is 14.8. The molecule has 0 aliphatic carbocycles. The lowest BCUT2D eigenvalue weighted by molar-refractivity contribution is 0.0714. The molecule has 1 amide bonds. The van der Waals surface area contributed by atoms with Crippen molar-refractivity contribution in [2.45, 2.75) is 19.9 Å². The number of nitrogens with one attached hydrogen (secondary N) is 1. The number of carbonyl (C=O) groups excluding carboxylic acids is 1. The second kappa shape index (κ2) is 6.00. The molecule has 1 aliphatic heterocycles. The maximum Gasteiger partial charge on any atom is 0.264 e. The maximum absolute atomic E-state index is 12.8. The van der Waals surface area contributed by atoms with Crippen molar-refractivity contribution in [1.82, 2.24) is 10.2 Å². The Labute approximate surface area is 129 Å². The third-order valence-corrected chi connectivity index (χ3v) is 4.78. The van der Waals surface area contributed by atoms with E-state index < -0.39 is 0 Å². The van der Waals surface area contributed by atoms with Gasteiger partial charge in [-0.1, -0.05) is 29.8 Å². The van der Waals surface area contributed by atoms with E-state index in [1.807, 2.05) is 16.3 Å². The first-order valence-electron chi connectivity index (χ1n) is 7.32. The number of thiophene rings is 1. The molecule has 2 heterocycles. The van der Waals surface area contributed by atoms with Crippen LogP contribution in [-0.4, -0.2) is 36.5 Å². The predicted molar refractivity (Wildman–Crippen MR) is 87.9 cm³/mol. The molecule has 1 aliphatic rings. The van der Waals surface area contributed by atoms with E-state index in [1.165, 1.54) is 16.9 Å². The summed E-state index contributed by atoms with van der Waals surface area (Å²) < 4.78 is 0. The summed E-state index contributed by atoms with van der Waals surface area (Å²) in [4.78, 5) is 15.6. The number of amides is 1.